The molecule has 4 aromatic rings. The third-order valence-corrected chi connectivity index (χ3v) is 7.07. The molecule has 0 aromatic carbocycles. The molecule has 164 valence electrons. The number of nitrogen functional groups attached to an aromatic ring is 1. The standard InChI is InChI=1S/C20H20N8O3S/c1-13(29)17-18(21)28-19(25-20(17)26-5-7-32(30,31)8-6-26)16(11-24-28)14-9-23-27(12-14)15-3-2-4-22-10-15/h2-4,9-12H,5-8,21H2,1H3. The van der Waals surface area contributed by atoms with Crippen LogP contribution in [0.3, 0.4) is 0 Å². The number of carbonyl (C=O) groups excluding carboxylic acids is 1. The molecule has 1 fully saturated rings. The third-order valence-electron chi connectivity index (χ3n) is 5.46. The van der Waals surface area contributed by atoms with Crippen LogP contribution in [0.2, 0.25) is 0 Å². The average Bonchev–Trinajstić information content (AvgIpc) is 3.41. The largest absolute Gasteiger partial charge is 0.383 e. The first-order valence-corrected chi connectivity index (χ1v) is 11.7. The van der Waals surface area contributed by atoms with Crippen LogP contribution in [0.1, 0.15) is 17.3 Å². The van der Waals surface area contributed by atoms with Crippen molar-refractivity contribution in [2.75, 3.05) is 35.2 Å². The van der Waals surface area contributed by atoms with Crippen molar-refractivity contribution in [1.29, 1.82) is 0 Å². The maximum atomic E-state index is 12.4. The van der Waals surface area contributed by atoms with Crippen molar-refractivity contribution in [3.8, 4) is 16.8 Å². The molecule has 5 heterocycles. The van der Waals surface area contributed by atoms with E-state index >= 15 is 0 Å². The Morgan fingerprint density at radius 2 is 1.91 bits per heavy atom. The molecule has 0 saturated carbocycles. The van der Waals surface area contributed by atoms with Gasteiger partial charge in [0.05, 0.1) is 35.8 Å². The van der Waals surface area contributed by atoms with Crippen LogP contribution >= 0.6 is 0 Å². The summed E-state index contributed by atoms with van der Waals surface area (Å²) in [5.41, 5.74) is 9.28. The van der Waals surface area contributed by atoms with E-state index in [2.05, 4.69) is 15.2 Å². The number of anilines is 2. The molecule has 0 bridgehead atoms. The quantitative estimate of drug-likeness (QED) is 0.449. The van der Waals surface area contributed by atoms with E-state index in [9.17, 15) is 13.2 Å². The summed E-state index contributed by atoms with van der Waals surface area (Å²) in [5.74, 6) is 0.278. The molecule has 0 radical (unpaired) electrons. The highest BCUT2D eigenvalue weighted by Crippen LogP contribution is 2.31. The Labute approximate surface area is 183 Å². The zero-order chi connectivity index (χ0) is 22.5. The molecular formula is C20H20N8O3S. The summed E-state index contributed by atoms with van der Waals surface area (Å²) >= 11 is 0. The molecule has 0 aliphatic carbocycles. The van der Waals surface area contributed by atoms with Crippen molar-refractivity contribution >= 4 is 32.9 Å². The first-order chi connectivity index (χ1) is 15.3. The van der Waals surface area contributed by atoms with Gasteiger partial charge in [0.15, 0.2) is 21.3 Å². The Balaban J connectivity index is 1.63. The van der Waals surface area contributed by atoms with E-state index in [1.165, 1.54) is 11.4 Å². The zero-order valence-electron chi connectivity index (χ0n) is 17.2. The van der Waals surface area contributed by atoms with Crippen LogP contribution < -0.4 is 10.6 Å². The maximum Gasteiger partial charge on any atom is 0.167 e. The van der Waals surface area contributed by atoms with Crippen LogP contribution in [0.4, 0.5) is 11.6 Å². The number of rotatable bonds is 4. The van der Waals surface area contributed by atoms with Gasteiger partial charge in [0.25, 0.3) is 0 Å². The van der Waals surface area contributed by atoms with Gasteiger partial charge in [-0.1, -0.05) is 0 Å². The molecule has 0 unspecified atom stereocenters. The Kier molecular flexibility index (Phi) is 4.66. The molecule has 12 heteroatoms. The number of hydrogen-bond acceptors (Lipinski definition) is 9. The van der Waals surface area contributed by atoms with E-state index in [-0.39, 0.29) is 41.8 Å². The van der Waals surface area contributed by atoms with Crippen LogP contribution in [0, 0.1) is 0 Å². The summed E-state index contributed by atoms with van der Waals surface area (Å²) < 4.78 is 26.9. The second kappa shape index (κ2) is 7.41. The van der Waals surface area contributed by atoms with E-state index in [1.54, 1.807) is 34.4 Å². The molecule has 1 aliphatic heterocycles. The average molecular weight is 453 g/mol. The number of pyridine rings is 1. The Morgan fingerprint density at radius 1 is 1.12 bits per heavy atom. The van der Waals surface area contributed by atoms with Gasteiger partial charge in [-0.3, -0.25) is 9.78 Å². The molecule has 1 saturated heterocycles. The van der Waals surface area contributed by atoms with Gasteiger partial charge in [0.2, 0.25) is 0 Å². The van der Waals surface area contributed by atoms with Crippen LogP contribution in [0.15, 0.2) is 43.1 Å². The lowest BCUT2D eigenvalue weighted by Gasteiger charge is -2.29. The number of Topliss-reactive ketones (excluding diaryl/α,β-unsaturated/α-hetero) is 1. The highest BCUT2D eigenvalue weighted by atomic mass is 32.2. The van der Waals surface area contributed by atoms with Crippen LogP contribution in [-0.2, 0) is 9.84 Å². The van der Waals surface area contributed by atoms with Crippen molar-refractivity contribution in [2.45, 2.75) is 6.92 Å². The number of aromatic nitrogens is 6. The fourth-order valence-corrected chi connectivity index (χ4v) is 4.99. The topological polar surface area (TPSA) is 141 Å². The summed E-state index contributed by atoms with van der Waals surface area (Å²) in [6.07, 6.45) is 8.53. The van der Waals surface area contributed by atoms with Crippen molar-refractivity contribution in [3.63, 3.8) is 0 Å². The number of fused-ring (bicyclic) bond motifs is 1. The van der Waals surface area contributed by atoms with Crippen molar-refractivity contribution in [2.24, 2.45) is 0 Å². The zero-order valence-corrected chi connectivity index (χ0v) is 18.0. The van der Waals surface area contributed by atoms with E-state index < -0.39 is 9.84 Å². The van der Waals surface area contributed by atoms with Crippen molar-refractivity contribution < 1.29 is 13.2 Å². The van der Waals surface area contributed by atoms with Crippen molar-refractivity contribution in [1.82, 2.24) is 29.4 Å². The fraction of sp³-hybridized carbons (Fsp3) is 0.250. The van der Waals surface area contributed by atoms with Gasteiger partial charge in [0, 0.05) is 36.6 Å². The molecule has 11 nitrogen and oxygen atoms in total. The summed E-state index contributed by atoms with van der Waals surface area (Å²) in [6.45, 7) is 1.90. The smallest absolute Gasteiger partial charge is 0.167 e. The van der Waals surface area contributed by atoms with E-state index in [0.29, 0.717) is 17.0 Å². The second-order valence-corrected chi connectivity index (χ2v) is 9.87. The van der Waals surface area contributed by atoms with Gasteiger partial charge in [-0.25, -0.2) is 18.1 Å². The first kappa shape index (κ1) is 20.1. The summed E-state index contributed by atoms with van der Waals surface area (Å²) in [4.78, 5) is 23.0. The number of carbonyl (C=O) groups is 1. The van der Waals surface area contributed by atoms with Gasteiger partial charge < -0.3 is 10.6 Å². The minimum Gasteiger partial charge on any atom is -0.383 e. The maximum absolute atomic E-state index is 12.4. The third kappa shape index (κ3) is 3.38. The molecule has 0 spiro atoms. The lowest BCUT2D eigenvalue weighted by Crippen LogP contribution is -2.41. The fourth-order valence-electron chi connectivity index (χ4n) is 3.79. The van der Waals surface area contributed by atoms with E-state index in [4.69, 9.17) is 10.7 Å². The molecule has 32 heavy (non-hydrogen) atoms. The summed E-state index contributed by atoms with van der Waals surface area (Å²) in [6, 6.07) is 3.71. The van der Waals surface area contributed by atoms with Gasteiger partial charge in [-0.15, -0.1) is 0 Å². The number of ketones is 1. The minimum atomic E-state index is -3.09. The Hall–Kier alpha value is -3.80. The summed E-state index contributed by atoms with van der Waals surface area (Å²) in [5, 5.41) is 8.74. The highest BCUT2D eigenvalue weighted by Gasteiger charge is 2.28. The summed E-state index contributed by atoms with van der Waals surface area (Å²) in [7, 11) is -3.09. The number of nitrogens with two attached hydrogens (primary N) is 1. The van der Waals surface area contributed by atoms with Crippen LogP contribution in [0.25, 0.3) is 22.5 Å². The lowest BCUT2D eigenvalue weighted by atomic mass is 10.1. The Morgan fingerprint density at radius 3 is 2.59 bits per heavy atom. The number of hydrogen-bond donors (Lipinski definition) is 1. The van der Waals surface area contributed by atoms with Crippen LogP contribution in [-0.4, -0.2) is 68.2 Å². The number of sulfone groups is 1. The minimum absolute atomic E-state index is 0.00110. The van der Waals surface area contributed by atoms with Gasteiger partial charge in [0.1, 0.15) is 17.2 Å². The predicted octanol–water partition coefficient (Wildman–Crippen LogP) is 0.997. The molecule has 4 aromatic heterocycles. The molecule has 5 rings (SSSR count). The SMILES string of the molecule is CC(=O)c1c(N2CCS(=O)(=O)CC2)nc2c(-c3cnn(-c4cccnc4)c3)cnn2c1N. The highest BCUT2D eigenvalue weighted by molar-refractivity contribution is 7.91. The van der Waals surface area contributed by atoms with E-state index in [0.717, 1.165) is 11.3 Å². The normalized spacial score (nSPS) is 15.8. The van der Waals surface area contributed by atoms with Crippen LogP contribution in [0.5, 0.6) is 0 Å². The number of nitrogens with zero attached hydrogens (tertiary/aromatic N) is 7. The Bertz CT molecular complexity index is 1430. The van der Waals surface area contributed by atoms with Gasteiger partial charge in [-0.05, 0) is 19.1 Å². The monoisotopic (exact) mass is 452 g/mol. The molecular weight excluding hydrogens is 432 g/mol. The van der Waals surface area contributed by atoms with Gasteiger partial charge in [-0.2, -0.15) is 14.7 Å². The molecule has 0 atom stereocenters. The first-order valence-electron chi connectivity index (χ1n) is 9.93. The molecule has 2 N–H and O–H groups in total. The second-order valence-electron chi connectivity index (χ2n) is 7.57. The predicted molar refractivity (Wildman–Crippen MR) is 119 cm³/mol. The molecule has 1 aliphatic rings. The molecule has 0 amide bonds. The van der Waals surface area contributed by atoms with E-state index in [1.807, 2.05) is 18.3 Å². The lowest BCUT2D eigenvalue weighted by molar-refractivity contribution is 0.101. The van der Waals surface area contributed by atoms with Crippen molar-refractivity contribution in [3.05, 3.63) is 48.7 Å². The van der Waals surface area contributed by atoms with Gasteiger partial charge >= 0.3 is 0 Å².